The van der Waals surface area contributed by atoms with Crippen LogP contribution >= 0.6 is 0 Å². The van der Waals surface area contributed by atoms with Crippen molar-refractivity contribution in [3.63, 3.8) is 0 Å². The van der Waals surface area contributed by atoms with E-state index in [-0.39, 0.29) is 16.8 Å². The number of halogens is 2. The van der Waals surface area contributed by atoms with Crippen LogP contribution in [0.2, 0.25) is 0 Å². The zero-order valence-electron chi connectivity index (χ0n) is 18.8. The lowest BCUT2D eigenvalue weighted by Crippen LogP contribution is -2.29. The minimum atomic E-state index is -1.16. The van der Waals surface area contributed by atoms with Crippen molar-refractivity contribution in [1.29, 1.82) is 0 Å². The Balaban J connectivity index is 1.96. The van der Waals surface area contributed by atoms with E-state index in [4.69, 9.17) is 4.74 Å². The number of nitrogens with zero attached hydrogens (tertiary/aromatic N) is 2. The Bertz CT molecular complexity index is 1300. The van der Waals surface area contributed by atoms with Gasteiger partial charge in [-0.15, -0.1) is 0 Å². The van der Waals surface area contributed by atoms with Gasteiger partial charge in [0, 0.05) is 31.5 Å². The lowest BCUT2D eigenvalue weighted by atomic mass is 9.94. The molecule has 0 spiro atoms. The van der Waals surface area contributed by atoms with Gasteiger partial charge in [-0.05, 0) is 42.0 Å². The number of carbonyl (C=O) groups is 2. The van der Waals surface area contributed by atoms with Crippen molar-refractivity contribution in [2.45, 2.75) is 6.04 Å². The van der Waals surface area contributed by atoms with Crippen molar-refractivity contribution in [2.24, 2.45) is 0 Å². The number of benzene rings is 3. The lowest BCUT2D eigenvalue weighted by Gasteiger charge is -2.26. The summed E-state index contributed by atoms with van der Waals surface area (Å²) in [7, 11) is 5.15. The average molecular weight is 464 g/mol. The zero-order chi connectivity index (χ0) is 24.6. The molecule has 3 aromatic carbocycles. The molecule has 174 valence electrons. The lowest BCUT2D eigenvalue weighted by molar-refractivity contribution is -0.132. The summed E-state index contributed by atoms with van der Waals surface area (Å²) in [5, 5.41) is 11.2. The Morgan fingerprint density at radius 3 is 2.26 bits per heavy atom. The number of para-hydroxylation sites is 1. The number of aliphatic hydroxyl groups excluding tert-OH is 1. The van der Waals surface area contributed by atoms with E-state index in [1.807, 2.05) is 19.0 Å². The number of methoxy groups -OCH3 is 1. The minimum Gasteiger partial charge on any atom is -0.507 e. The summed E-state index contributed by atoms with van der Waals surface area (Å²) in [5.41, 5.74) is 1.41. The number of aliphatic hydroxyl groups is 1. The standard InChI is InChI=1S/C26H22F2N2O4/c1-29(2)16-10-8-15(9-11-16)23-22(24(31)18-6-4-5-7-21(18)34-3)25(32)26(33)30(23)17-12-13-19(27)20(28)14-17/h4-14,23,31H,1-3H3/b24-22+. The Labute approximate surface area is 195 Å². The van der Waals surface area contributed by atoms with Crippen LogP contribution in [0.25, 0.3) is 5.76 Å². The number of Topliss-reactive ketones (excluding diaryl/α,β-unsaturated/α-hetero) is 1. The maximum absolute atomic E-state index is 14.1. The van der Waals surface area contributed by atoms with Gasteiger partial charge in [0.25, 0.3) is 11.7 Å². The molecule has 1 unspecified atom stereocenters. The fourth-order valence-corrected chi connectivity index (χ4v) is 3.99. The minimum absolute atomic E-state index is 0.0123. The van der Waals surface area contributed by atoms with Crippen LogP contribution in [0.4, 0.5) is 20.2 Å². The van der Waals surface area contributed by atoms with Crippen LogP contribution in [0.3, 0.4) is 0 Å². The van der Waals surface area contributed by atoms with E-state index in [9.17, 15) is 23.5 Å². The predicted octanol–water partition coefficient (Wildman–Crippen LogP) is 4.67. The second kappa shape index (κ2) is 8.97. The molecule has 0 bridgehead atoms. The third-order valence-corrected chi connectivity index (χ3v) is 5.71. The van der Waals surface area contributed by atoms with Gasteiger partial charge in [0.1, 0.15) is 11.5 Å². The van der Waals surface area contributed by atoms with E-state index in [0.717, 1.165) is 22.7 Å². The van der Waals surface area contributed by atoms with E-state index in [1.54, 1.807) is 48.5 Å². The molecule has 0 saturated carbocycles. The second-order valence-electron chi connectivity index (χ2n) is 7.95. The zero-order valence-corrected chi connectivity index (χ0v) is 18.8. The smallest absolute Gasteiger partial charge is 0.300 e. The highest BCUT2D eigenvalue weighted by Crippen LogP contribution is 2.43. The van der Waals surface area contributed by atoms with Crippen LogP contribution in [0.5, 0.6) is 5.75 Å². The van der Waals surface area contributed by atoms with Crippen molar-refractivity contribution < 1.29 is 28.2 Å². The SMILES string of the molecule is COc1ccccc1/C(O)=C1\C(=O)C(=O)N(c2ccc(F)c(F)c2)C1c1ccc(N(C)C)cc1. The van der Waals surface area contributed by atoms with Gasteiger partial charge in [0.2, 0.25) is 0 Å². The van der Waals surface area contributed by atoms with Crippen LogP contribution in [-0.2, 0) is 9.59 Å². The second-order valence-corrected chi connectivity index (χ2v) is 7.95. The van der Waals surface area contributed by atoms with E-state index in [2.05, 4.69) is 0 Å². The molecule has 8 heteroatoms. The van der Waals surface area contributed by atoms with Gasteiger partial charge in [-0.1, -0.05) is 24.3 Å². The number of rotatable bonds is 5. The van der Waals surface area contributed by atoms with Gasteiger partial charge in [-0.25, -0.2) is 8.78 Å². The first-order valence-electron chi connectivity index (χ1n) is 10.4. The number of amides is 1. The molecular formula is C26H22F2N2O4. The topological polar surface area (TPSA) is 70.1 Å². The molecule has 0 aliphatic carbocycles. The van der Waals surface area contributed by atoms with Crippen LogP contribution in [-0.4, -0.2) is 38.0 Å². The van der Waals surface area contributed by atoms with Crippen molar-refractivity contribution in [3.05, 3.63) is 95.1 Å². The number of hydrogen-bond donors (Lipinski definition) is 1. The number of ether oxygens (including phenoxy) is 1. The molecule has 1 N–H and O–H groups in total. The third-order valence-electron chi connectivity index (χ3n) is 5.71. The first-order valence-corrected chi connectivity index (χ1v) is 10.4. The Hall–Kier alpha value is -4.20. The summed E-state index contributed by atoms with van der Waals surface area (Å²) in [6, 6.07) is 15.4. The van der Waals surface area contributed by atoms with Crippen LogP contribution in [0, 0.1) is 11.6 Å². The van der Waals surface area contributed by atoms with Gasteiger partial charge >= 0.3 is 0 Å². The fraction of sp³-hybridized carbons (Fsp3) is 0.154. The van der Waals surface area contributed by atoms with Crippen LogP contribution in [0.1, 0.15) is 17.2 Å². The van der Waals surface area contributed by atoms with E-state index in [0.29, 0.717) is 11.3 Å². The van der Waals surface area contributed by atoms with Gasteiger partial charge in [0.15, 0.2) is 11.6 Å². The molecule has 1 amide bonds. The maximum Gasteiger partial charge on any atom is 0.300 e. The highest BCUT2D eigenvalue weighted by atomic mass is 19.2. The Morgan fingerprint density at radius 2 is 1.65 bits per heavy atom. The molecule has 0 aromatic heterocycles. The summed E-state index contributed by atoms with van der Waals surface area (Å²) in [5.74, 6) is -4.28. The molecule has 34 heavy (non-hydrogen) atoms. The number of ketones is 1. The van der Waals surface area contributed by atoms with Gasteiger partial charge in [0.05, 0.1) is 24.3 Å². The number of hydrogen-bond acceptors (Lipinski definition) is 5. The number of anilines is 2. The van der Waals surface area contributed by atoms with Gasteiger partial charge in [-0.3, -0.25) is 14.5 Å². The summed E-state index contributed by atoms with van der Waals surface area (Å²) < 4.78 is 33.0. The van der Waals surface area contributed by atoms with Crippen molar-refractivity contribution in [3.8, 4) is 5.75 Å². The molecule has 1 aliphatic heterocycles. The molecule has 1 saturated heterocycles. The fourth-order valence-electron chi connectivity index (χ4n) is 3.99. The first kappa shape index (κ1) is 23.0. The molecule has 1 atom stereocenters. The van der Waals surface area contributed by atoms with E-state index >= 15 is 0 Å². The molecule has 1 fully saturated rings. The summed E-state index contributed by atoms with van der Waals surface area (Å²) in [6.07, 6.45) is 0. The maximum atomic E-state index is 14.1. The van der Waals surface area contributed by atoms with Crippen LogP contribution < -0.4 is 14.5 Å². The largest absolute Gasteiger partial charge is 0.507 e. The van der Waals surface area contributed by atoms with Crippen molar-refractivity contribution in [2.75, 3.05) is 31.0 Å². The predicted molar refractivity (Wildman–Crippen MR) is 125 cm³/mol. The molecule has 6 nitrogen and oxygen atoms in total. The molecule has 3 aromatic rings. The summed E-state index contributed by atoms with van der Waals surface area (Å²) in [6.45, 7) is 0. The highest BCUT2D eigenvalue weighted by Gasteiger charge is 2.47. The Kier molecular flexibility index (Phi) is 6.06. The molecule has 1 aliphatic rings. The van der Waals surface area contributed by atoms with E-state index < -0.39 is 35.1 Å². The third kappa shape index (κ3) is 3.87. The normalized spacial score (nSPS) is 17.2. The summed E-state index contributed by atoms with van der Waals surface area (Å²) >= 11 is 0. The number of carbonyl (C=O) groups excluding carboxylic acids is 2. The van der Waals surface area contributed by atoms with Crippen LogP contribution in [0.15, 0.2) is 72.3 Å². The monoisotopic (exact) mass is 464 g/mol. The molecular weight excluding hydrogens is 442 g/mol. The van der Waals surface area contributed by atoms with Gasteiger partial charge < -0.3 is 14.7 Å². The summed E-state index contributed by atoms with van der Waals surface area (Å²) in [4.78, 5) is 29.3. The first-order chi connectivity index (χ1) is 16.2. The van der Waals surface area contributed by atoms with Crippen molar-refractivity contribution in [1.82, 2.24) is 0 Å². The van der Waals surface area contributed by atoms with E-state index in [1.165, 1.54) is 13.2 Å². The highest BCUT2D eigenvalue weighted by molar-refractivity contribution is 6.51. The molecule has 0 radical (unpaired) electrons. The average Bonchev–Trinajstić information content (AvgIpc) is 3.10. The van der Waals surface area contributed by atoms with Gasteiger partial charge in [-0.2, -0.15) is 0 Å². The Morgan fingerprint density at radius 1 is 0.971 bits per heavy atom. The quantitative estimate of drug-likeness (QED) is 0.338. The molecule has 1 heterocycles. The van der Waals surface area contributed by atoms with Crippen molar-refractivity contribution >= 4 is 28.8 Å². The molecule has 4 rings (SSSR count).